The number of benzene rings is 3. The Balaban J connectivity index is 1.68. The predicted octanol–water partition coefficient (Wildman–Crippen LogP) is 5.53. The molecule has 1 unspecified atom stereocenters. The van der Waals surface area contributed by atoms with Gasteiger partial charge in [0.2, 0.25) is 0 Å². The minimum atomic E-state index is -0.352. The molecule has 1 N–H and O–H groups in total. The lowest BCUT2D eigenvalue weighted by atomic mass is 9.82. The molecule has 6 nitrogen and oxygen atoms in total. The first-order chi connectivity index (χ1) is 16.2. The molecular weight excluding hydrogens is 414 g/mol. The van der Waals surface area contributed by atoms with Crippen LogP contribution in [0.25, 0.3) is 16.7 Å². The number of nitrogens with zero attached hydrogens (tertiary/aromatic N) is 2. The molecule has 2 aromatic heterocycles. The molecule has 3 heterocycles. The second-order valence-corrected chi connectivity index (χ2v) is 8.10. The molecule has 0 saturated heterocycles. The Morgan fingerprint density at radius 1 is 0.939 bits per heavy atom. The molecular formula is C27H21N3O3. The number of hydrogen-bond acceptors (Lipinski definition) is 5. The Bertz CT molecular complexity index is 1550. The summed E-state index contributed by atoms with van der Waals surface area (Å²) in [5.74, 6) is 1.28. The van der Waals surface area contributed by atoms with Crippen LogP contribution in [0.1, 0.15) is 28.3 Å². The summed E-state index contributed by atoms with van der Waals surface area (Å²) in [4.78, 5) is 13.3. The molecule has 6 rings (SSSR count). The van der Waals surface area contributed by atoms with Crippen LogP contribution in [0.4, 0.5) is 11.5 Å². The van der Waals surface area contributed by atoms with Crippen LogP contribution in [0.2, 0.25) is 0 Å². The van der Waals surface area contributed by atoms with Gasteiger partial charge in [-0.2, -0.15) is 5.10 Å². The molecule has 1 atom stereocenters. The summed E-state index contributed by atoms with van der Waals surface area (Å²) in [6, 6.07) is 25.4. The van der Waals surface area contributed by atoms with Crippen molar-refractivity contribution < 1.29 is 9.15 Å². The third-order valence-corrected chi connectivity index (χ3v) is 6.23. The van der Waals surface area contributed by atoms with Gasteiger partial charge in [-0.25, -0.2) is 9.48 Å². The molecule has 0 aliphatic carbocycles. The van der Waals surface area contributed by atoms with Crippen LogP contribution in [0, 0.1) is 6.92 Å². The number of anilines is 2. The van der Waals surface area contributed by atoms with Crippen molar-refractivity contribution in [3.63, 3.8) is 0 Å². The topological polar surface area (TPSA) is 69.3 Å². The summed E-state index contributed by atoms with van der Waals surface area (Å²) in [5, 5.41) is 9.27. The summed E-state index contributed by atoms with van der Waals surface area (Å²) in [5.41, 5.74) is 5.26. The Labute approximate surface area is 190 Å². The summed E-state index contributed by atoms with van der Waals surface area (Å²) in [6.07, 6.45) is 0. The highest BCUT2D eigenvalue weighted by Gasteiger charge is 2.36. The van der Waals surface area contributed by atoms with Gasteiger partial charge in [0.25, 0.3) is 0 Å². The Hall–Kier alpha value is -4.32. The molecule has 0 saturated carbocycles. The summed E-state index contributed by atoms with van der Waals surface area (Å²) >= 11 is 0. The SMILES string of the molecule is COc1ccc(C2c3c(C)nn(-c4ccccc4)c3Nc3c2c(=O)oc2ccccc32)cc1. The van der Waals surface area contributed by atoms with Gasteiger partial charge in [-0.15, -0.1) is 0 Å². The quantitative estimate of drug-likeness (QED) is 0.370. The third kappa shape index (κ3) is 2.95. The first kappa shape index (κ1) is 19.4. The Kier molecular flexibility index (Phi) is 4.33. The normalized spacial score (nSPS) is 14.4. The van der Waals surface area contributed by atoms with Gasteiger partial charge < -0.3 is 14.5 Å². The van der Waals surface area contributed by atoms with Gasteiger partial charge in [0, 0.05) is 16.9 Å². The summed E-state index contributed by atoms with van der Waals surface area (Å²) in [7, 11) is 1.64. The second kappa shape index (κ2) is 7.38. The van der Waals surface area contributed by atoms with E-state index < -0.39 is 0 Å². The fourth-order valence-electron chi connectivity index (χ4n) is 4.71. The number of hydrogen-bond donors (Lipinski definition) is 1. The van der Waals surface area contributed by atoms with Gasteiger partial charge >= 0.3 is 5.63 Å². The molecule has 1 aliphatic rings. The van der Waals surface area contributed by atoms with Gasteiger partial charge in [-0.3, -0.25) is 0 Å². The maximum Gasteiger partial charge on any atom is 0.342 e. The summed E-state index contributed by atoms with van der Waals surface area (Å²) in [6.45, 7) is 1.98. The number of methoxy groups -OCH3 is 1. The van der Waals surface area contributed by atoms with E-state index in [2.05, 4.69) is 5.32 Å². The average Bonchev–Trinajstić information content (AvgIpc) is 3.19. The van der Waals surface area contributed by atoms with Crippen molar-refractivity contribution in [3.8, 4) is 11.4 Å². The third-order valence-electron chi connectivity index (χ3n) is 6.23. The van der Waals surface area contributed by atoms with Crippen LogP contribution in [-0.2, 0) is 0 Å². The molecule has 6 heteroatoms. The second-order valence-electron chi connectivity index (χ2n) is 8.10. The van der Waals surface area contributed by atoms with Gasteiger partial charge in [0.05, 0.1) is 29.7 Å². The molecule has 162 valence electrons. The Morgan fingerprint density at radius 2 is 1.67 bits per heavy atom. The number of para-hydroxylation sites is 2. The van der Waals surface area contributed by atoms with Crippen molar-refractivity contribution in [3.05, 3.63) is 112 Å². The van der Waals surface area contributed by atoms with Crippen LogP contribution in [-0.4, -0.2) is 16.9 Å². The van der Waals surface area contributed by atoms with E-state index in [4.69, 9.17) is 14.3 Å². The van der Waals surface area contributed by atoms with Gasteiger partial charge in [0.15, 0.2) is 0 Å². The van der Waals surface area contributed by atoms with Crippen LogP contribution < -0.4 is 15.7 Å². The van der Waals surface area contributed by atoms with Crippen LogP contribution >= 0.6 is 0 Å². The summed E-state index contributed by atoms with van der Waals surface area (Å²) < 4.78 is 13.0. The van der Waals surface area contributed by atoms with Gasteiger partial charge in [-0.1, -0.05) is 42.5 Å². The lowest BCUT2D eigenvalue weighted by molar-refractivity contribution is 0.414. The molecule has 3 aromatic carbocycles. The van der Waals surface area contributed by atoms with E-state index in [-0.39, 0.29) is 11.5 Å². The fraction of sp³-hybridized carbons (Fsp3) is 0.111. The van der Waals surface area contributed by atoms with Crippen LogP contribution in [0.5, 0.6) is 5.75 Å². The first-order valence-electron chi connectivity index (χ1n) is 10.8. The van der Waals surface area contributed by atoms with E-state index in [0.29, 0.717) is 11.1 Å². The lowest BCUT2D eigenvalue weighted by Gasteiger charge is -2.28. The predicted molar refractivity (Wildman–Crippen MR) is 128 cm³/mol. The number of ether oxygens (including phenoxy) is 1. The van der Waals surface area contributed by atoms with E-state index in [1.807, 2.05) is 90.5 Å². The minimum Gasteiger partial charge on any atom is -0.497 e. The molecule has 1 aliphatic heterocycles. The zero-order valence-corrected chi connectivity index (χ0v) is 18.2. The highest BCUT2D eigenvalue weighted by molar-refractivity contribution is 5.96. The zero-order chi connectivity index (χ0) is 22.5. The number of aryl methyl sites for hydroxylation is 1. The molecule has 5 aromatic rings. The van der Waals surface area contributed by atoms with Crippen molar-refractivity contribution in [2.24, 2.45) is 0 Å². The first-order valence-corrected chi connectivity index (χ1v) is 10.8. The molecule has 33 heavy (non-hydrogen) atoms. The maximum absolute atomic E-state index is 13.3. The number of rotatable bonds is 3. The lowest BCUT2D eigenvalue weighted by Crippen LogP contribution is -2.23. The molecule has 0 bridgehead atoms. The number of nitrogens with one attached hydrogen (secondary N) is 1. The maximum atomic E-state index is 13.3. The number of aromatic nitrogens is 2. The fourth-order valence-corrected chi connectivity index (χ4v) is 4.71. The van der Waals surface area contributed by atoms with Crippen molar-refractivity contribution >= 4 is 22.5 Å². The van der Waals surface area contributed by atoms with E-state index in [9.17, 15) is 4.79 Å². The molecule has 0 spiro atoms. The van der Waals surface area contributed by atoms with Gasteiger partial charge in [0.1, 0.15) is 17.2 Å². The van der Waals surface area contributed by atoms with Crippen LogP contribution in [0.3, 0.4) is 0 Å². The van der Waals surface area contributed by atoms with E-state index in [1.54, 1.807) is 7.11 Å². The molecule has 0 fully saturated rings. The smallest absolute Gasteiger partial charge is 0.342 e. The average molecular weight is 435 g/mol. The van der Waals surface area contributed by atoms with Crippen molar-refractivity contribution in [1.29, 1.82) is 0 Å². The Morgan fingerprint density at radius 3 is 2.42 bits per heavy atom. The highest BCUT2D eigenvalue weighted by atomic mass is 16.5. The van der Waals surface area contributed by atoms with Crippen molar-refractivity contribution in [2.75, 3.05) is 12.4 Å². The standard InChI is InChI=1S/C27H21N3O3/c1-16-22-23(17-12-14-19(32-2)15-13-17)24-25(20-10-6-7-11-21(20)33-27(24)31)28-26(22)30(29-16)18-8-4-3-5-9-18/h3-15,23,28H,1-2H3. The monoisotopic (exact) mass is 435 g/mol. The minimum absolute atomic E-state index is 0.333. The largest absolute Gasteiger partial charge is 0.497 e. The van der Waals surface area contributed by atoms with Crippen molar-refractivity contribution in [2.45, 2.75) is 12.8 Å². The van der Waals surface area contributed by atoms with E-state index in [1.165, 1.54) is 0 Å². The number of fused-ring (bicyclic) bond motifs is 4. The zero-order valence-electron chi connectivity index (χ0n) is 18.2. The van der Waals surface area contributed by atoms with E-state index >= 15 is 0 Å². The highest BCUT2D eigenvalue weighted by Crippen LogP contribution is 2.47. The van der Waals surface area contributed by atoms with Crippen molar-refractivity contribution in [1.82, 2.24) is 9.78 Å². The van der Waals surface area contributed by atoms with Gasteiger partial charge in [-0.05, 0) is 48.9 Å². The van der Waals surface area contributed by atoms with Crippen LogP contribution in [0.15, 0.2) is 88.1 Å². The molecule has 0 amide bonds. The van der Waals surface area contributed by atoms with E-state index in [0.717, 1.165) is 45.1 Å². The molecule has 0 radical (unpaired) electrons.